The number of nitrogens with zero attached hydrogens (tertiary/aromatic N) is 3. The zero-order valence-electron chi connectivity index (χ0n) is 14.3. The van der Waals surface area contributed by atoms with Gasteiger partial charge in [0.25, 0.3) is 5.91 Å². The van der Waals surface area contributed by atoms with Crippen molar-refractivity contribution >= 4 is 11.6 Å². The number of amides is 1. The number of aromatic nitrogens is 3. The molecule has 1 aromatic heterocycles. The number of nitrogens with one attached hydrogen (secondary N) is 1. The van der Waals surface area contributed by atoms with Gasteiger partial charge in [0.15, 0.2) is 5.82 Å². The molecule has 0 unspecified atom stereocenters. The maximum Gasteiger partial charge on any atom is 0.255 e. The van der Waals surface area contributed by atoms with Crippen molar-refractivity contribution in [3.63, 3.8) is 0 Å². The lowest BCUT2D eigenvalue weighted by Crippen LogP contribution is -2.11. The molecule has 1 aliphatic rings. The zero-order chi connectivity index (χ0) is 17.9. The molecule has 0 saturated heterocycles. The average Bonchev–Trinajstić information content (AvgIpc) is 2.91. The van der Waals surface area contributed by atoms with E-state index in [1.807, 2.05) is 24.3 Å². The molecule has 2 heterocycles. The van der Waals surface area contributed by atoms with E-state index >= 15 is 0 Å². The second kappa shape index (κ2) is 7.07. The van der Waals surface area contributed by atoms with Crippen LogP contribution < -0.4 is 5.32 Å². The van der Waals surface area contributed by atoms with Gasteiger partial charge < -0.3 is 9.88 Å². The van der Waals surface area contributed by atoms with Crippen molar-refractivity contribution in [2.24, 2.45) is 0 Å². The smallest absolute Gasteiger partial charge is 0.255 e. The summed E-state index contributed by atoms with van der Waals surface area (Å²) in [5, 5.41) is 11.5. The first-order valence-corrected chi connectivity index (χ1v) is 8.80. The molecule has 0 atom stereocenters. The first kappa shape index (κ1) is 16.4. The van der Waals surface area contributed by atoms with Gasteiger partial charge in [-0.3, -0.25) is 4.79 Å². The third-order valence-corrected chi connectivity index (χ3v) is 4.62. The molecule has 0 saturated carbocycles. The van der Waals surface area contributed by atoms with E-state index < -0.39 is 0 Å². The van der Waals surface area contributed by atoms with E-state index in [9.17, 15) is 9.18 Å². The van der Waals surface area contributed by atoms with E-state index in [1.54, 1.807) is 0 Å². The number of halogens is 1. The van der Waals surface area contributed by atoms with Crippen LogP contribution >= 0.6 is 0 Å². The largest absolute Gasteiger partial charge is 0.322 e. The van der Waals surface area contributed by atoms with Crippen molar-refractivity contribution in [3.05, 3.63) is 65.7 Å². The maximum absolute atomic E-state index is 13.0. The Balaban J connectivity index is 1.51. The summed E-state index contributed by atoms with van der Waals surface area (Å²) in [4.78, 5) is 12.2. The van der Waals surface area contributed by atoms with Crippen molar-refractivity contribution in [1.82, 2.24) is 14.8 Å². The Kier molecular flexibility index (Phi) is 4.48. The fraction of sp³-hybridized carbons (Fsp3) is 0.250. The molecule has 0 bridgehead atoms. The summed E-state index contributed by atoms with van der Waals surface area (Å²) in [6, 6.07) is 13.0. The quantitative estimate of drug-likeness (QED) is 0.775. The topological polar surface area (TPSA) is 59.8 Å². The maximum atomic E-state index is 13.0. The van der Waals surface area contributed by atoms with Crippen molar-refractivity contribution < 1.29 is 9.18 Å². The Bertz CT molecular complexity index is 916. The van der Waals surface area contributed by atoms with Crippen LogP contribution in [0, 0.1) is 5.82 Å². The van der Waals surface area contributed by atoms with Crippen LogP contribution in [0.25, 0.3) is 11.4 Å². The monoisotopic (exact) mass is 350 g/mol. The standard InChI is InChI=1S/C20H19FN4O/c21-16-9-5-15(6-10-16)20(26)22-17-11-7-14(8-12-17)19-24-23-18-4-2-1-3-13-25(18)19/h5-12H,1-4,13H2,(H,22,26). The second-order valence-corrected chi connectivity index (χ2v) is 6.44. The molecule has 0 radical (unpaired) electrons. The molecule has 2 aromatic carbocycles. The Morgan fingerprint density at radius 2 is 1.73 bits per heavy atom. The number of fused-ring (bicyclic) bond motifs is 1. The van der Waals surface area contributed by atoms with Gasteiger partial charge in [-0.2, -0.15) is 0 Å². The van der Waals surface area contributed by atoms with E-state index in [4.69, 9.17) is 0 Å². The van der Waals surface area contributed by atoms with Gasteiger partial charge >= 0.3 is 0 Å². The molecule has 5 nitrogen and oxygen atoms in total. The van der Waals surface area contributed by atoms with E-state index in [0.29, 0.717) is 11.3 Å². The SMILES string of the molecule is O=C(Nc1ccc(-c2nnc3n2CCCCC3)cc1)c1ccc(F)cc1. The molecule has 0 fully saturated rings. The van der Waals surface area contributed by atoms with Crippen molar-refractivity contribution in [3.8, 4) is 11.4 Å². The predicted molar refractivity (Wildman–Crippen MR) is 97.4 cm³/mol. The van der Waals surface area contributed by atoms with Crippen LogP contribution in [0.3, 0.4) is 0 Å². The normalized spacial score (nSPS) is 13.7. The molecule has 0 spiro atoms. The summed E-state index contributed by atoms with van der Waals surface area (Å²) in [6.45, 7) is 0.945. The summed E-state index contributed by atoms with van der Waals surface area (Å²) in [5.74, 6) is 1.29. The first-order chi connectivity index (χ1) is 12.7. The number of hydrogen-bond acceptors (Lipinski definition) is 3. The summed E-state index contributed by atoms with van der Waals surface area (Å²) < 4.78 is 15.2. The van der Waals surface area contributed by atoms with Crippen LogP contribution in [0.2, 0.25) is 0 Å². The van der Waals surface area contributed by atoms with Gasteiger partial charge in [0, 0.05) is 29.8 Å². The highest BCUT2D eigenvalue weighted by Gasteiger charge is 2.16. The summed E-state index contributed by atoms with van der Waals surface area (Å²) in [7, 11) is 0. The Labute approximate surface area is 150 Å². The van der Waals surface area contributed by atoms with Crippen molar-refractivity contribution in [2.75, 3.05) is 5.32 Å². The fourth-order valence-corrected chi connectivity index (χ4v) is 3.21. The number of rotatable bonds is 3. The van der Waals surface area contributed by atoms with Crippen LogP contribution in [0.4, 0.5) is 10.1 Å². The lowest BCUT2D eigenvalue weighted by molar-refractivity contribution is 0.102. The summed E-state index contributed by atoms with van der Waals surface area (Å²) in [5.41, 5.74) is 2.07. The van der Waals surface area contributed by atoms with Gasteiger partial charge in [0.05, 0.1) is 0 Å². The van der Waals surface area contributed by atoms with E-state index in [0.717, 1.165) is 43.0 Å². The molecule has 1 N–H and O–H groups in total. The number of hydrogen-bond donors (Lipinski definition) is 1. The first-order valence-electron chi connectivity index (χ1n) is 8.80. The average molecular weight is 350 g/mol. The van der Waals surface area contributed by atoms with Gasteiger partial charge in [-0.25, -0.2) is 4.39 Å². The van der Waals surface area contributed by atoms with E-state index in [-0.39, 0.29) is 11.7 Å². The van der Waals surface area contributed by atoms with Gasteiger partial charge in [0.1, 0.15) is 11.6 Å². The van der Waals surface area contributed by atoms with Crippen LogP contribution in [-0.4, -0.2) is 20.7 Å². The van der Waals surface area contributed by atoms with E-state index in [1.165, 1.54) is 30.7 Å². The number of benzene rings is 2. The van der Waals surface area contributed by atoms with Gasteiger partial charge in [-0.05, 0) is 61.4 Å². The number of carbonyl (C=O) groups excluding carboxylic acids is 1. The minimum Gasteiger partial charge on any atom is -0.322 e. The molecule has 0 aliphatic carbocycles. The molecule has 3 aromatic rings. The molecule has 1 aliphatic heterocycles. The van der Waals surface area contributed by atoms with Crippen LogP contribution in [0.15, 0.2) is 48.5 Å². The van der Waals surface area contributed by atoms with Crippen molar-refractivity contribution in [2.45, 2.75) is 32.2 Å². The zero-order valence-corrected chi connectivity index (χ0v) is 14.3. The third-order valence-electron chi connectivity index (χ3n) is 4.62. The van der Waals surface area contributed by atoms with E-state index in [2.05, 4.69) is 20.1 Å². The molecule has 6 heteroatoms. The van der Waals surface area contributed by atoms with Crippen LogP contribution in [-0.2, 0) is 13.0 Å². The molecule has 132 valence electrons. The lowest BCUT2D eigenvalue weighted by atomic mass is 10.1. The summed E-state index contributed by atoms with van der Waals surface area (Å²) >= 11 is 0. The molecule has 4 rings (SSSR count). The molecule has 26 heavy (non-hydrogen) atoms. The minimum absolute atomic E-state index is 0.269. The lowest BCUT2D eigenvalue weighted by Gasteiger charge is -2.09. The van der Waals surface area contributed by atoms with Gasteiger partial charge in [-0.15, -0.1) is 10.2 Å². The number of carbonyl (C=O) groups is 1. The minimum atomic E-state index is -0.363. The second-order valence-electron chi connectivity index (χ2n) is 6.44. The Morgan fingerprint density at radius 3 is 2.50 bits per heavy atom. The Morgan fingerprint density at radius 1 is 0.962 bits per heavy atom. The molecule has 1 amide bonds. The third kappa shape index (κ3) is 3.35. The fourth-order valence-electron chi connectivity index (χ4n) is 3.21. The van der Waals surface area contributed by atoms with Gasteiger partial charge in [-0.1, -0.05) is 6.42 Å². The molecular formula is C20H19FN4O. The predicted octanol–water partition coefficient (Wildman–Crippen LogP) is 4.06. The van der Waals surface area contributed by atoms with Crippen LogP contribution in [0.5, 0.6) is 0 Å². The number of aryl methyl sites for hydroxylation is 1. The van der Waals surface area contributed by atoms with Crippen molar-refractivity contribution in [1.29, 1.82) is 0 Å². The van der Waals surface area contributed by atoms with Crippen LogP contribution in [0.1, 0.15) is 35.4 Å². The molecular weight excluding hydrogens is 331 g/mol. The highest BCUT2D eigenvalue weighted by atomic mass is 19.1. The van der Waals surface area contributed by atoms with Gasteiger partial charge in [0.2, 0.25) is 0 Å². The number of anilines is 1. The highest BCUT2D eigenvalue weighted by molar-refractivity contribution is 6.04. The summed E-state index contributed by atoms with van der Waals surface area (Å²) in [6.07, 6.45) is 4.49. The Hall–Kier alpha value is -3.02. The highest BCUT2D eigenvalue weighted by Crippen LogP contribution is 2.24.